The number of rotatable bonds is 4. The third-order valence-electron chi connectivity index (χ3n) is 2.62. The molecule has 2 rings (SSSR count). The van der Waals surface area contributed by atoms with Crippen LogP contribution in [0.2, 0.25) is 0 Å². The van der Waals surface area contributed by atoms with Crippen molar-refractivity contribution in [2.75, 3.05) is 0 Å². The molecule has 0 bridgehead atoms. The van der Waals surface area contributed by atoms with Crippen LogP contribution in [0.5, 0.6) is 0 Å². The number of carboxylic acid groups (broad SMARTS) is 1. The van der Waals surface area contributed by atoms with Crippen molar-refractivity contribution in [1.29, 1.82) is 0 Å². The molecule has 0 aliphatic rings. The van der Waals surface area contributed by atoms with Crippen molar-refractivity contribution in [2.24, 2.45) is 5.10 Å². The molecule has 0 spiro atoms. The zero-order valence-corrected chi connectivity index (χ0v) is 12.4. The van der Waals surface area contributed by atoms with Crippen LogP contribution in [0.3, 0.4) is 0 Å². The van der Waals surface area contributed by atoms with Crippen LogP contribution in [-0.2, 0) is 0 Å². The average Bonchev–Trinajstić information content (AvgIpc) is 2.47. The number of halogens is 1. The molecule has 2 aromatic carbocycles. The van der Waals surface area contributed by atoms with Gasteiger partial charge in [0.15, 0.2) is 0 Å². The van der Waals surface area contributed by atoms with Crippen molar-refractivity contribution < 1.29 is 14.7 Å². The van der Waals surface area contributed by atoms with Crippen LogP contribution in [0.4, 0.5) is 0 Å². The van der Waals surface area contributed by atoms with Crippen LogP contribution >= 0.6 is 15.9 Å². The SMILES string of the molecule is O=C(O)c1ccc(/C=N\NC(=O)c2cccc(Br)c2)cc1. The van der Waals surface area contributed by atoms with Gasteiger partial charge in [-0.1, -0.05) is 34.1 Å². The standard InChI is InChI=1S/C15H11BrN2O3/c16-13-3-1-2-12(8-13)14(19)18-17-9-10-4-6-11(7-5-10)15(20)21/h1-9H,(H,18,19)(H,20,21)/b17-9-. The fourth-order valence-corrected chi connectivity index (χ4v) is 1.97. The van der Waals surface area contributed by atoms with E-state index in [2.05, 4.69) is 26.5 Å². The second-order valence-electron chi connectivity index (χ2n) is 4.14. The number of carbonyl (C=O) groups is 2. The first-order chi connectivity index (χ1) is 10.1. The van der Waals surface area contributed by atoms with Gasteiger partial charge in [0.25, 0.3) is 5.91 Å². The first kappa shape index (κ1) is 14.9. The van der Waals surface area contributed by atoms with E-state index < -0.39 is 5.97 Å². The average molecular weight is 347 g/mol. The van der Waals surface area contributed by atoms with Gasteiger partial charge < -0.3 is 5.11 Å². The fraction of sp³-hybridized carbons (Fsp3) is 0. The Morgan fingerprint density at radius 2 is 1.81 bits per heavy atom. The number of carboxylic acids is 1. The smallest absolute Gasteiger partial charge is 0.335 e. The lowest BCUT2D eigenvalue weighted by molar-refractivity contribution is 0.0696. The molecule has 0 aliphatic carbocycles. The molecule has 0 aliphatic heterocycles. The zero-order valence-electron chi connectivity index (χ0n) is 10.8. The summed E-state index contributed by atoms with van der Waals surface area (Å²) in [5, 5.41) is 12.6. The maximum atomic E-state index is 11.8. The van der Waals surface area contributed by atoms with Crippen LogP contribution in [0, 0.1) is 0 Å². The molecule has 106 valence electrons. The Morgan fingerprint density at radius 1 is 1.10 bits per heavy atom. The van der Waals surface area contributed by atoms with E-state index in [9.17, 15) is 9.59 Å². The molecule has 21 heavy (non-hydrogen) atoms. The van der Waals surface area contributed by atoms with E-state index >= 15 is 0 Å². The number of hydrogen-bond donors (Lipinski definition) is 2. The molecule has 0 saturated carbocycles. The third kappa shape index (κ3) is 4.25. The fourth-order valence-electron chi connectivity index (χ4n) is 1.57. The number of aromatic carboxylic acids is 1. The molecule has 0 saturated heterocycles. The maximum Gasteiger partial charge on any atom is 0.335 e. The number of hydrazone groups is 1. The Kier molecular flexibility index (Phi) is 4.84. The summed E-state index contributed by atoms with van der Waals surface area (Å²) in [5.41, 5.74) is 3.78. The number of nitrogens with one attached hydrogen (secondary N) is 1. The number of amides is 1. The predicted octanol–water partition coefficient (Wildman–Crippen LogP) is 2.91. The first-order valence-corrected chi connectivity index (χ1v) is 6.78. The molecular weight excluding hydrogens is 336 g/mol. The molecule has 0 aromatic heterocycles. The molecule has 0 unspecified atom stereocenters. The highest BCUT2D eigenvalue weighted by Gasteiger charge is 2.04. The lowest BCUT2D eigenvalue weighted by Gasteiger charge is -2.00. The number of carbonyl (C=O) groups excluding carboxylic acids is 1. The Bertz CT molecular complexity index is 696. The third-order valence-corrected chi connectivity index (χ3v) is 3.12. The molecule has 0 radical (unpaired) electrons. The number of nitrogens with zero attached hydrogens (tertiary/aromatic N) is 1. The largest absolute Gasteiger partial charge is 0.478 e. The summed E-state index contributed by atoms with van der Waals surface area (Å²) in [5.74, 6) is -1.31. The van der Waals surface area contributed by atoms with E-state index in [1.54, 1.807) is 30.3 Å². The second-order valence-corrected chi connectivity index (χ2v) is 5.05. The van der Waals surface area contributed by atoms with Gasteiger partial charge in [-0.25, -0.2) is 10.2 Å². The Hall–Kier alpha value is -2.47. The minimum absolute atomic E-state index is 0.199. The van der Waals surface area contributed by atoms with Crippen molar-refractivity contribution in [3.05, 3.63) is 69.7 Å². The summed E-state index contributed by atoms with van der Waals surface area (Å²) >= 11 is 3.29. The number of benzene rings is 2. The molecule has 0 atom stereocenters. The van der Waals surface area contributed by atoms with E-state index in [1.807, 2.05) is 6.07 Å². The lowest BCUT2D eigenvalue weighted by atomic mass is 10.1. The van der Waals surface area contributed by atoms with Gasteiger partial charge in [0, 0.05) is 10.0 Å². The normalized spacial score (nSPS) is 10.5. The van der Waals surface area contributed by atoms with Crippen molar-refractivity contribution in [3.63, 3.8) is 0 Å². The molecule has 0 fully saturated rings. The topological polar surface area (TPSA) is 78.8 Å². The zero-order chi connectivity index (χ0) is 15.2. The van der Waals surface area contributed by atoms with Gasteiger partial charge >= 0.3 is 5.97 Å². The highest BCUT2D eigenvalue weighted by molar-refractivity contribution is 9.10. The van der Waals surface area contributed by atoms with E-state index in [4.69, 9.17) is 5.11 Å². The highest BCUT2D eigenvalue weighted by atomic mass is 79.9. The summed E-state index contributed by atoms with van der Waals surface area (Å²) in [6.45, 7) is 0. The van der Waals surface area contributed by atoms with Gasteiger partial charge in [-0.3, -0.25) is 4.79 Å². The van der Waals surface area contributed by atoms with Crippen molar-refractivity contribution in [3.8, 4) is 0 Å². The van der Waals surface area contributed by atoms with Gasteiger partial charge in [0.1, 0.15) is 0 Å². The van der Waals surface area contributed by atoms with Crippen molar-refractivity contribution >= 4 is 34.0 Å². The summed E-state index contributed by atoms with van der Waals surface area (Å²) in [4.78, 5) is 22.5. The van der Waals surface area contributed by atoms with Gasteiger partial charge in [-0.05, 0) is 35.9 Å². The maximum absolute atomic E-state index is 11.8. The molecule has 2 N–H and O–H groups in total. The van der Waals surface area contributed by atoms with Crippen LogP contribution in [0.15, 0.2) is 58.1 Å². The van der Waals surface area contributed by atoms with E-state index in [-0.39, 0.29) is 11.5 Å². The summed E-state index contributed by atoms with van der Waals surface area (Å²) in [6.07, 6.45) is 1.45. The molecule has 1 amide bonds. The van der Waals surface area contributed by atoms with Crippen LogP contribution in [-0.4, -0.2) is 23.2 Å². The molecule has 6 heteroatoms. The predicted molar refractivity (Wildman–Crippen MR) is 82.6 cm³/mol. The van der Waals surface area contributed by atoms with E-state index in [0.717, 1.165) is 4.47 Å². The minimum atomic E-state index is -0.985. The first-order valence-electron chi connectivity index (χ1n) is 5.98. The van der Waals surface area contributed by atoms with Gasteiger partial charge in [-0.2, -0.15) is 5.10 Å². The summed E-state index contributed by atoms with van der Waals surface area (Å²) < 4.78 is 0.809. The second kappa shape index (κ2) is 6.81. The molecular formula is C15H11BrN2O3. The summed E-state index contributed by atoms with van der Waals surface area (Å²) in [7, 11) is 0. The highest BCUT2D eigenvalue weighted by Crippen LogP contribution is 2.11. The molecule has 5 nitrogen and oxygen atoms in total. The molecule has 2 aromatic rings. The number of hydrogen-bond acceptors (Lipinski definition) is 3. The van der Waals surface area contributed by atoms with Crippen LogP contribution in [0.25, 0.3) is 0 Å². The van der Waals surface area contributed by atoms with Crippen LogP contribution in [0.1, 0.15) is 26.3 Å². The van der Waals surface area contributed by atoms with Gasteiger partial charge in [-0.15, -0.1) is 0 Å². The Labute approximate surface area is 129 Å². The monoisotopic (exact) mass is 346 g/mol. The Morgan fingerprint density at radius 3 is 2.43 bits per heavy atom. The lowest BCUT2D eigenvalue weighted by Crippen LogP contribution is -2.17. The minimum Gasteiger partial charge on any atom is -0.478 e. The molecule has 0 heterocycles. The summed E-state index contributed by atoms with van der Waals surface area (Å²) in [6, 6.07) is 13.1. The Balaban J connectivity index is 1.99. The van der Waals surface area contributed by atoms with Crippen molar-refractivity contribution in [2.45, 2.75) is 0 Å². The van der Waals surface area contributed by atoms with E-state index in [1.165, 1.54) is 18.3 Å². The van der Waals surface area contributed by atoms with Crippen LogP contribution < -0.4 is 5.43 Å². The van der Waals surface area contributed by atoms with E-state index in [0.29, 0.717) is 11.1 Å². The quantitative estimate of drug-likeness (QED) is 0.659. The van der Waals surface area contributed by atoms with Crippen molar-refractivity contribution in [1.82, 2.24) is 5.43 Å². The van der Waals surface area contributed by atoms with Gasteiger partial charge in [0.2, 0.25) is 0 Å². The van der Waals surface area contributed by atoms with Gasteiger partial charge in [0.05, 0.1) is 11.8 Å².